The Morgan fingerprint density at radius 1 is 0.892 bits per heavy atom. The van der Waals surface area contributed by atoms with E-state index in [2.05, 4.69) is 19.9 Å². The van der Waals surface area contributed by atoms with Crippen molar-refractivity contribution in [2.75, 3.05) is 13.2 Å². The van der Waals surface area contributed by atoms with E-state index in [0.717, 1.165) is 55.2 Å². The lowest BCUT2D eigenvalue weighted by Gasteiger charge is -2.53. The molecule has 2 saturated heterocycles. The van der Waals surface area contributed by atoms with E-state index >= 15 is 0 Å². The van der Waals surface area contributed by atoms with E-state index in [-0.39, 0.29) is 22.7 Å². The number of amides is 1. The molecular weight excluding hydrogens is 507 g/mol. The van der Waals surface area contributed by atoms with Gasteiger partial charge in [0.15, 0.2) is 11.2 Å². The molecule has 2 aliphatic carbocycles. The van der Waals surface area contributed by atoms with Crippen LogP contribution in [-0.2, 0) is 27.1 Å². The Kier molecular flexibility index (Phi) is 6.86. The maximum atomic E-state index is 11.9. The molecule has 2 heterocycles. The van der Waals surface area contributed by atoms with Gasteiger partial charge < -0.3 is 15.2 Å². The predicted octanol–water partition coefficient (Wildman–Crippen LogP) is 6.14. The van der Waals surface area contributed by atoms with E-state index in [9.17, 15) is 10.1 Å². The monoisotopic (exact) mass is 540 g/mol. The fourth-order valence-electron chi connectivity index (χ4n) is 7.21. The van der Waals surface area contributed by atoms with Crippen LogP contribution in [0.2, 0.25) is 10.0 Å². The van der Waals surface area contributed by atoms with E-state index < -0.39 is 11.2 Å². The largest absolute Gasteiger partial charge is 0.367 e. The van der Waals surface area contributed by atoms with Crippen LogP contribution in [0.1, 0.15) is 50.7 Å². The molecular formula is C30H34Cl2N2O3. The molecule has 0 aromatic heterocycles. The summed E-state index contributed by atoms with van der Waals surface area (Å²) in [6, 6.07) is 18.1. The van der Waals surface area contributed by atoms with Crippen LogP contribution in [0.5, 0.6) is 0 Å². The molecule has 6 rings (SSSR count). The number of nitrogens with two attached hydrogens (primary N) is 1. The van der Waals surface area contributed by atoms with Gasteiger partial charge in [0.1, 0.15) is 0 Å². The zero-order valence-electron chi connectivity index (χ0n) is 21.4. The topological polar surface area (TPSA) is 85.3 Å². The number of hydrogen-bond donors (Lipinski definition) is 1. The average Bonchev–Trinajstić information content (AvgIpc) is 3.17. The minimum atomic E-state index is -0.757. The van der Waals surface area contributed by atoms with E-state index in [1.165, 1.54) is 11.1 Å². The molecule has 2 aromatic rings. The lowest BCUT2D eigenvalue weighted by molar-refractivity contribution is -0.247. The molecule has 2 unspecified atom stereocenters. The molecule has 6 atom stereocenters. The van der Waals surface area contributed by atoms with Gasteiger partial charge in [0.05, 0.1) is 19.3 Å². The molecule has 0 spiro atoms. The molecule has 5 nitrogen and oxygen atoms in total. The minimum absolute atomic E-state index is 0.0683. The first-order valence-corrected chi connectivity index (χ1v) is 13.8. The van der Waals surface area contributed by atoms with Crippen LogP contribution in [-0.4, -0.2) is 30.3 Å². The second-order valence-electron chi connectivity index (χ2n) is 11.8. The fraction of sp³-hybridized carbons (Fsp3) is 0.533. The number of carbonyl (C=O) groups excluding carboxylic acids is 1. The summed E-state index contributed by atoms with van der Waals surface area (Å²) < 4.78 is 11.4. The average molecular weight is 542 g/mol. The van der Waals surface area contributed by atoms with Crippen LogP contribution in [0.3, 0.4) is 0 Å². The zero-order chi connectivity index (χ0) is 26.5. The van der Waals surface area contributed by atoms with Gasteiger partial charge in [-0.3, -0.25) is 4.79 Å². The zero-order valence-corrected chi connectivity index (χ0v) is 22.9. The number of rotatable bonds is 5. The Morgan fingerprint density at radius 2 is 1.38 bits per heavy atom. The Hall–Kier alpha value is -2.10. The van der Waals surface area contributed by atoms with Crippen molar-refractivity contribution in [3.63, 3.8) is 0 Å². The van der Waals surface area contributed by atoms with Crippen LogP contribution >= 0.6 is 23.2 Å². The van der Waals surface area contributed by atoms with E-state index in [0.29, 0.717) is 12.5 Å². The van der Waals surface area contributed by atoms with Crippen molar-refractivity contribution < 1.29 is 14.3 Å². The highest BCUT2D eigenvalue weighted by Crippen LogP contribution is 2.60. The molecule has 4 fully saturated rings. The highest BCUT2D eigenvalue weighted by molar-refractivity contribution is 6.30. The molecule has 2 N–H and O–H groups in total. The standard InChI is InChI=1S/C15H18ClNO2.C15H16ClNO/c1-14-7-6-11(15(14,13(17)18)19-9-14)8-10-2-4-12(16)5-3-10;1-14-7-6-12(15(14,9-17)18-10-14)8-11-2-4-13(16)5-3-11/h2-5,11H,6-9H2,1H3,(H2,17,18);2-5,12H,6-8,10H2,1H3/t11?,14-,15+;12?,14-,15-/m00/s1. The second kappa shape index (κ2) is 9.58. The Bertz CT molecular complexity index is 1210. The van der Waals surface area contributed by atoms with Crippen LogP contribution in [0, 0.1) is 34.0 Å². The number of benzene rings is 2. The molecule has 0 bridgehead atoms. The van der Waals surface area contributed by atoms with Gasteiger partial charge in [-0.15, -0.1) is 0 Å². The molecule has 4 aliphatic rings. The van der Waals surface area contributed by atoms with Crippen molar-refractivity contribution in [3.05, 3.63) is 69.7 Å². The summed E-state index contributed by atoms with van der Waals surface area (Å²) in [5.74, 6) is 0.171. The molecule has 0 radical (unpaired) electrons. The van der Waals surface area contributed by atoms with E-state index in [1.807, 2.05) is 48.5 Å². The van der Waals surface area contributed by atoms with Crippen molar-refractivity contribution >= 4 is 29.1 Å². The smallest absolute Gasteiger partial charge is 0.250 e. The summed E-state index contributed by atoms with van der Waals surface area (Å²) in [7, 11) is 0. The number of primary amides is 1. The number of halogens is 2. The minimum Gasteiger partial charge on any atom is -0.367 e. The summed E-state index contributed by atoms with van der Waals surface area (Å²) >= 11 is 11.8. The SMILES string of the molecule is C[C@@]12CCC(Cc3ccc(Cl)cc3)[C@]1(C#N)OC2.C[C@@]12CCC(Cc3ccc(Cl)cc3)[C@]1(C(N)=O)OC2. The summed E-state index contributed by atoms with van der Waals surface area (Å²) in [6.45, 7) is 5.68. The molecule has 1 amide bonds. The number of nitriles is 1. The summed E-state index contributed by atoms with van der Waals surface area (Å²) in [6.07, 6.45) is 5.89. The third-order valence-corrected chi connectivity index (χ3v) is 10.1. The van der Waals surface area contributed by atoms with E-state index in [4.69, 9.17) is 38.4 Å². The van der Waals surface area contributed by atoms with Gasteiger partial charge in [0.25, 0.3) is 5.91 Å². The Balaban J connectivity index is 0.000000152. The molecule has 2 aromatic carbocycles. The predicted molar refractivity (Wildman–Crippen MR) is 144 cm³/mol. The third-order valence-electron chi connectivity index (χ3n) is 9.59. The maximum Gasteiger partial charge on any atom is 0.250 e. The Morgan fingerprint density at radius 3 is 1.81 bits per heavy atom. The highest BCUT2D eigenvalue weighted by Gasteiger charge is 2.69. The van der Waals surface area contributed by atoms with Gasteiger partial charge in [-0.1, -0.05) is 61.3 Å². The quantitative estimate of drug-likeness (QED) is 0.493. The number of ether oxygens (including phenoxy) is 2. The Labute approximate surface area is 229 Å². The van der Waals surface area contributed by atoms with Gasteiger partial charge in [-0.25, -0.2) is 0 Å². The van der Waals surface area contributed by atoms with Crippen LogP contribution in [0.4, 0.5) is 0 Å². The number of nitrogens with zero attached hydrogens (tertiary/aromatic N) is 1. The molecule has 2 saturated carbocycles. The van der Waals surface area contributed by atoms with Crippen molar-refractivity contribution in [3.8, 4) is 6.07 Å². The van der Waals surface area contributed by atoms with Crippen molar-refractivity contribution in [1.82, 2.24) is 0 Å². The molecule has 7 heteroatoms. The summed E-state index contributed by atoms with van der Waals surface area (Å²) in [4.78, 5) is 11.9. The first-order chi connectivity index (χ1) is 17.6. The first-order valence-electron chi connectivity index (χ1n) is 13.1. The number of fused-ring (bicyclic) bond motifs is 2. The lowest BCUT2D eigenvalue weighted by Crippen LogP contribution is -2.68. The summed E-state index contributed by atoms with van der Waals surface area (Å²) in [5, 5.41) is 11.0. The lowest BCUT2D eigenvalue weighted by atomic mass is 9.67. The maximum absolute atomic E-state index is 11.9. The fourth-order valence-corrected chi connectivity index (χ4v) is 7.46. The summed E-state index contributed by atoms with van der Waals surface area (Å²) in [5.41, 5.74) is 6.74. The number of hydrogen-bond acceptors (Lipinski definition) is 4. The normalized spacial score (nSPS) is 37.2. The molecule has 2 aliphatic heterocycles. The van der Waals surface area contributed by atoms with Crippen molar-refractivity contribution in [2.24, 2.45) is 28.4 Å². The second-order valence-corrected chi connectivity index (χ2v) is 12.7. The highest BCUT2D eigenvalue weighted by atomic mass is 35.5. The molecule has 37 heavy (non-hydrogen) atoms. The van der Waals surface area contributed by atoms with Crippen molar-refractivity contribution in [1.29, 1.82) is 5.26 Å². The third kappa shape index (κ3) is 4.17. The van der Waals surface area contributed by atoms with Crippen LogP contribution in [0.25, 0.3) is 0 Å². The number of carbonyl (C=O) groups is 1. The van der Waals surface area contributed by atoms with Gasteiger partial charge in [0.2, 0.25) is 0 Å². The van der Waals surface area contributed by atoms with Gasteiger partial charge in [-0.2, -0.15) is 5.26 Å². The van der Waals surface area contributed by atoms with Gasteiger partial charge in [0, 0.05) is 32.7 Å². The van der Waals surface area contributed by atoms with Crippen LogP contribution < -0.4 is 5.73 Å². The van der Waals surface area contributed by atoms with Gasteiger partial charge in [-0.05, 0) is 73.9 Å². The van der Waals surface area contributed by atoms with E-state index in [1.54, 1.807) is 0 Å². The molecule has 196 valence electrons. The van der Waals surface area contributed by atoms with Crippen molar-refractivity contribution in [2.45, 2.75) is 63.6 Å². The van der Waals surface area contributed by atoms with Gasteiger partial charge >= 0.3 is 0 Å². The van der Waals surface area contributed by atoms with Crippen LogP contribution in [0.15, 0.2) is 48.5 Å². The first kappa shape index (κ1) is 26.5.